The lowest BCUT2D eigenvalue weighted by molar-refractivity contribution is -0.135. The summed E-state index contributed by atoms with van der Waals surface area (Å²) < 4.78 is 5.12. The molecular weight excluding hydrogens is 240 g/mol. The van der Waals surface area contributed by atoms with E-state index in [1.54, 1.807) is 7.11 Å². The highest BCUT2D eigenvalue weighted by atomic mass is 16.5. The summed E-state index contributed by atoms with van der Waals surface area (Å²) in [5.41, 5.74) is 0. The maximum absolute atomic E-state index is 12.6. The second kappa shape index (κ2) is 6.71. The first-order valence-corrected chi connectivity index (χ1v) is 7.69. The van der Waals surface area contributed by atoms with Gasteiger partial charge in [-0.1, -0.05) is 12.8 Å². The summed E-state index contributed by atoms with van der Waals surface area (Å²) in [6.45, 7) is 5.47. The quantitative estimate of drug-likeness (QED) is 0.826. The number of carbonyl (C=O) groups excluding carboxylic acids is 1. The van der Waals surface area contributed by atoms with Crippen LogP contribution in [0.5, 0.6) is 0 Å². The van der Waals surface area contributed by atoms with Gasteiger partial charge >= 0.3 is 0 Å². The third-order valence-corrected chi connectivity index (χ3v) is 4.60. The van der Waals surface area contributed by atoms with E-state index in [0.29, 0.717) is 19.2 Å². The normalized spacial score (nSPS) is 30.4. The van der Waals surface area contributed by atoms with Gasteiger partial charge in [-0.3, -0.25) is 4.79 Å². The third kappa shape index (κ3) is 3.48. The van der Waals surface area contributed by atoms with E-state index in [0.717, 1.165) is 12.3 Å². The molecule has 0 aromatic heterocycles. The van der Waals surface area contributed by atoms with E-state index in [9.17, 15) is 4.79 Å². The lowest BCUT2D eigenvalue weighted by Crippen LogP contribution is -2.49. The van der Waals surface area contributed by atoms with Gasteiger partial charge in [0.25, 0.3) is 0 Å². The van der Waals surface area contributed by atoms with Crippen LogP contribution in [0.25, 0.3) is 0 Å². The number of nitrogens with zero attached hydrogens (tertiary/aromatic N) is 1. The molecule has 4 nitrogen and oxygen atoms in total. The second-order valence-electron chi connectivity index (χ2n) is 6.22. The summed E-state index contributed by atoms with van der Waals surface area (Å²) in [6.07, 6.45) is 6.21. The molecular formula is C15H28N2O2. The fraction of sp³-hybridized carbons (Fsp3) is 0.933. The SMILES string of the molecule is COCCN(C(=O)C1CC2CCCCC2N1)C(C)C. The molecule has 3 atom stereocenters. The van der Waals surface area contributed by atoms with E-state index < -0.39 is 0 Å². The molecule has 1 aliphatic heterocycles. The summed E-state index contributed by atoms with van der Waals surface area (Å²) in [4.78, 5) is 14.6. The molecule has 1 amide bonds. The number of carbonyl (C=O) groups is 1. The summed E-state index contributed by atoms with van der Waals surface area (Å²) in [5, 5.41) is 3.57. The molecule has 4 heteroatoms. The first-order valence-electron chi connectivity index (χ1n) is 7.69. The van der Waals surface area contributed by atoms with Gasteiger partial charge in [-0.05, 0) is 39.0 Å². The van der Waals surface area contributed by atoms with Crippen LogP contribution in [-0.2, 0) is 9.53 Å². The first-order chi connectivity index (χ1) is 9.13. The van der Waals surface area contributed by atoms with Crippen molar-refractivity contribution in [3.8, 4) is 0 Å². The van der Waals surface area contributed by atoms with Gasteiger partial charge in [0.1, 0.15) is 0 Å². The monoisotopic (exact) mass is 268 g/mol. The van der Waals surface area contributed by atoms with Crippen LogP contribution < -0.4 is 5.32 Å². The van der Waals surface area contributed by atoms with Crippen LogP contribution in [0.3, 0.4) is 0 Å². The number of amides is 1. The third-order valence-electron chi connectivity index (χ3n) is 4.60. The minimum absolute atomic E-state index is 0.0346. The summed E-state index contributed by atoms with van der Waals surface area (Å²) in [5.74, 6) is 0.987. The van der Waals surface area contributed by atoms with Crippen LogP contribution in [0.15, 0.2) is 0 Å². The Balaban J connectivity index is 1.94. The molecule has 19 heavy (non-hydrogen) atoms. The Labute approximate surface area is 116 Å². The molecule has 0 bridgehead atoms. The van der Waals surface area contributed by atoms with Gasteiger partial charge in [-0.15, -0.1) is 0 Å². The van der Waals surface area contributed by atoms with E-state index in [-0.39, 0.29) is 18.0 Å². The molecule has 1 saturated carbocycles. The fourth-order valence-corrected chi connectivity index (χ4v) is 3.52. The van der Waals surface area contributed by atoms with E-state index in [1.807, 2.05) is 4.90 Å². The largest absolute Gasteiger partial charge is 0.383 e. The van der Waals surface area contributed by atoms with Gasteiger partial charge < -0.3 is 15.0 Å². The van der Waals surface area contributed by atoms with E-state index in [2.05, 4.69) is 19.2 Å². The highest BCUT2D eigenvalue weighted by Gasteiger charge is 2.39. The molecule has 1 aliphatic carbocycles. The van der Waals surface area contributed by atoms with Crippen LogP contribution in [0.4, 0.5) is 0 Å². The number of hydrogen-bond acceptors (Lipinski definition) is 3. The molecule has 2 aliphatic rings. The van der Waals surface area contributed by atoms with Crippen molar-refractivity contribution in [3.05, 3.63) is 0 Å². The molecule has 0 aromatic rings. The van der Waals surface area contributed by atoms with E-state index in [4.69, 9.17) is 4.74 Å². The number of hydrogen-bond donors (Lipinski definition) is 1. The number of ether oxygens (including phenoxy) is 1. The Morgan fingerprint density at radius 1 is 1.37 bits per heavy atom. The molecule has 1 N–H and O–H groups in total. The lowest BCUT2D eigenvalue weighted by Gasteiger charge is -2.29. The first kappa shape index (κ1) is 14.8. The van der Waals surface area contributed by atoms with Crippen LogP contribution >= 0.6 is 0 Å². The maximum Gasteiger partial charge on any atom is 0.240 e. The smallest absolute Gasteiger partial charge is 0.240 e. The Bertz CT molecular complexity index is 293. The predicted molar refractivity (Wildman–Crippen MR) is 76.0 cm³/mol. The van der Waals surface area contributed by atoms with Crippen molar-refractivity contribution in [1.82, 2.24) is 10.2 Å². The highest BCUT2D eigenvalue weighted by molar-refractivity contribution is 5.82. The van der Waals surface area contributed by atoms with Crippen molar-refractivity contribution < 1.29 is 9.53 Å². The summed E-state index contributed by atoms with van der Waals surface area (Å²) in [7, 11) is 1.69. The van der Waals surface area contributed by atoms with Crippen molar-refractivity contribution >= 4 is 5.91 Å². The maximum atomic E-state index is 12.6. The zero-order valence-corrected chi connectivity index (χ0v) is 12.5. The molecule has 0 aromatic carbocycles. The molecule has 0 radical (unpaired) electrons. The van der Waals surface area contributed by atoms with Crippen molar-refractivity contribution in [2.24, 2.45) is 5.92 Å². The average Bonchev–Trinajstić information content (AvgIpc) is 2.82. The van der Waals surface area contributed by atoms with Gasteiger partial charge in [0.15, 0.2) is 0 Å². The van der Waals surface area contributed by atoms with Crippen LogP contribution in [0, 0.1) is 5.92 Å². The minimum atomic E-state index is 0.0346. The van der Waals surface area contributed by atoms with Gasteiger partial charge in [-0.25, -0.2) is 0 Å². The molecule has 2 fully saturated rings. The molecule has 3 unspecified atom stereocenters. The van der Waals surface area contributed by atoms with Gasteiger partial charge in [-0.2, -0.15) is 0 Å². The topological polar surface area (TPSA) is 41.6 Å². The Hall–Kier alpha value is -0.610. The average molecular weight is 268 g/mol. The number of nitrogens with one attached hydrogen (secondary N) is 1. The standard InChI is InChI=1S/C15H28N2O2/c1-11(2)17(8-9-19-3)15(18)14-10-12-6-4-5-7-13(12)16-14/h11-14,16H,4-10H2,1-3H3. The van der Waals surface area contributed by atoms with Crippen LogP contribution in [0.1, 0.15) is 46.0 Å². The Morgan fingerprint density at radius 2 is 2.11 bits per heavy atom. The van der Waals surface area contributed by atoms with Crippen molar-refractivity contribution in [1.29, 1.82) is 0 Å². The zero-order chi connectivity index (χ0) is 13.8. The minimum Gasteiger partial charge on any atom is -0.383 e. The van der Waals surface area contributed by atoms with Gasteiger partial charge in [0.05, 0.1) is 12.6 Å². The van der Waals surface area contributed by atoms with Gasteiger partial charge in [0, 0.05) is 25.7 Å². The van der Waals surface area contributed by atoms with E-state index >= 15 is 0 Å². The van der Waals surface area contributed by atoms with Gasteiger partial charge in [0.2, 0.25) is 5.91 Å². The summed E-state index contributed by atoms with van der Waals surface area (Å²) >= 11 is 0. The van der Waals surface area contributed by atoms with Crippen molar-refractivity contribution in [2.45, 2.75) is 64.1 Å². The number of fused-ring (bicyclic) bond motifs is 1. The van der Waals surface area contributed by atoms with Crippen molar-refractivity contribution in [2.75, 3.05) is 20.3 Å². The molecule has 110 valence electrons. The van der Waals surface area contributed by atoms with E-state index in [1.165, 1.54) is 25.7 Å². The number of methoxy groups -OCH3 is 1. The highest BCUT2D eigenvalue weighted by Crippen LogP contribution is 2.33. The fourth-order valence-electron chi connectivity index (χ4n) is 3.52. The zero-order valence-electron chi connectivity index (χ0n) is 12.5. The second-order valence-corrected chi connectivity index (χ2v) is 6.22. The lowest BCUT2D eigenvalue weighted by atomic mass is 9.85. The Kier molecular flexibility index (Phi) is 5.22. The van der Waals surface area contributed by atoms with Crippen LogP contribution in [0.2, 0.25) is 0 Å². The van der Waals surface area contributed by atoms with Crippen molar-refractivity contribution in [3.63, 3.8) is 0 Å². The molecule has 0 spiro atoms. The molecule has 1 saturated heterocycles. The Morgan fingerprint density at radius 3 is 2.74 bits per heavy atom. The van der Waals surface area contributed by atoms with Crippen LogP contribution in [-0.4, -0.2) is 49.2 Å². The molecule has 1 heterocycles. The molecule has 2 rings (SSSR count). The predicted octanol–water partition coefficient (Wildman–Crippen LogP) is 1.79. The summed E-state index contributed by atoms with van der Waals surface area (Å²) in [6, 6.07) is 0.860. The number of rotatable bonds is 5.